The summed E-state index contributed by atoms with van der Waals surface area (Å²) >= 11 is 1.37. The molecular weight excluding hydrogens is 400 g/mol. The highest BCUT2D eigenvalue weighted by Gasteiger charge is 2.50. The molecule has 7 nitrogen and oxygen atoms in total. The number of fused-ring (bicyclic) bond motifs is 1. The summed E-state index contributed by atoms with van der Waals surface area (Å²) in [5.41, 5.74) is 0.662. The molecule has 0 aromatic heterocycles. The molecule has 2 aliphatic heterocycles. The van der Waals surface area contributed by atoms with Crippen LogP contribution >= 0.6 is 11.8 Å². The van der Waals surface area contributed by atoms with Gasteiger partial charge in [0.05, 0.1) is 37.5 Å². The van der Waals surface area contributed by atoms with Crippen LogP contribution in [0.25, 0.3) is 0 Å². The zero-order valence-corrected chi connectivity index (χ0v) is 18.2. The van der Waals surface area contributed by atoms with E-state index in [1.54, 1.807) is 32.4 Å². The van der Waals surface area contributed by atoms with Crippen molar-refractivity contribution >= 4 is 38.4 Å². The highest BCUT2D eigenvalue weighted by Crippen LogP contribution is 2.45. The van der Waals surface area contributed by atoms with Gasteiger partial charge in [0.2, 0.25) is 0 Å². The van der Waals surface area contributed by atoms with Crippen LogP contribution in [0.15, 0.2) is 23.2 Å². The largest absolute Gasteiger partial charge is 0.497 e. The van der Waals surface area contributed by atoms with Crippen LogP contribution in [0.5, 0.6) is 11.5 Å². The molecule has 0 unspecified atom stereocenters. The third kappa shape index (κ3) is 4.00. The molecule has 0 saturated carbocycles. The van der Waals surface area contributed by atoms with Crippen LogP contribution < -0.4 is 14.4 Å². The molecule has 0 N–H and O–H groups in total. The summed E-state index contributed by atoms with van der Waals surface area (Å²) in [5.74, 6) is 1.02. The molecule has 2 atom stereocenters. The average Bonchev–Trinajstić information content (AvgIpc) is 3.12. The van der Waals surface area contributed by atoms with Gasteiger partial charge in [-0.2, -0.15) is 4.99 Å². The third-order valence-electron chi connectivity index (χ3n) is 5.25. The number of amidine groups is 1. The SMILES string of the molecule is CCC(CC)C(=O)N=C1S[C@@H]2CS(=O)(=O)C[C@H]2N1c1cc(OC)ccc1OC. The number of ether oxygens (including phenoxy) is 2. The van der Waals surface area contributed by atoms with Gasteiger partial charge in [-0.25, -0.2) is 8.42 Å². The van der Waals surface area contributed by atoms with E-state index >= 15 is 0 Å². The summed E-state index contributed by atoms with van der Waals surface area (Å²) in [5, 5.41) is 0.377. The number of methoxy groups -OCH3 is 2. The Hall–Kier alpha value is -1.74. The van der Waals surface area contributed by atoms with E-state index in [1.807, 2.05) is 18.7 Å². The van der Waals surface area contributed by atoms with E-state index in [9.17, 15) is 13.2 Å². The van der Waals surface area contributed by atoms with Crippen molar-refractivity contribution in [3.05, 3.63) is 18.2 Å². The van der Waals surface area contributed by atoms with E-state index in [1.165, 1.54) is 11.8 Å². The molecule has 2 aliphatic rings. The second kappa shape index (κ2) is 8.32. The number of nitrogens with zero attached hydrogens (tertiary/aromatic N) is 2. The Bertz CT molecular complexity index is 880. The predicted molar refractivity (Wildman–Crippen MR) is 112 cm³/mol. The maximum absolute atomic E-state index is 12.7. The molecule has 2 heterocycles. The van der Waals surface area contributed by atoms with Gasteiger partial charge in [0.25, 0.3) is 5.91 Å². The van der Waals surface area contributed by atoms with Gasteiger partial charge in [-0.3, -0.25) is 4.79 Å². The quantitative estimate of drug-likeness (QED) is 0.691. The van der Waals surface area contributed by atoms with Crippen molar-refractivity contribution in [3.8, 4) is 11.5 Å². The number of hydrogen-bond donors (Lipinski definition) is 0. The first-order valence-electron chi connectivity index (χ1n) is 9.34. The number of amides is 1. The monoisotopic (exact) mass is 426 g/mol. The fraction of sp³-hybridized carbons (Fsp3) is 0.579. The van der Waals surface area contributed by atoms with E-state index in [2.05, 4.69) is 4.99 Å². The zero-order chi connectivity index (χ0) is 20.5. The molecule has 154 valence electrons. The Morgan fingerprint density at radius 3 is 2.57 bits per heavy atom. The van der Waals surface area contributed by atoms with Crippen LogP contribution in [0.4, 0.5) is 5.69 Å². The maximum atomic E-state index is 12.7. The normalized spacial score (nSPS) is 24.6. The zero-order valence-electron chi connectivity index (χ0n) is 16.5. The van der Waals surface area contributed by atoms with Gasteiger partial charge < -0.3 is 14.4 Å². The van der Waals surface area contributed by atoms with Crippen LogP contribution in [0.2, 0.25) is 0 Å². The Kier molecular flexibility index (Phi) is 6.24. The number of thioether (sulfide) groups is 1. The molecule has 1 aromatic rings. The topological polar surface area (TPSA) is 85.3 Å². The summed E-state index contributed by atoms with van der Waals surface area (Å²) in [4.78, 5) is 18.9. The van der Waals surface area contributed by atoms with Gasteiger partial charge in [0, 0.05) is 17.2 Å². The summed E-state index contributed by atoms with van der Waals surface area (Å²) < 4.78 is 35.3. The van der Waals surface area contributed by atoms with Crippen LogP contribution in [0, 0.1) is 5.92 Å². The number of carbonyl (C=O) groups is 1. The number of anilines is 1. The molecule has 2 saturated heterocycles. The molecule has 9 heteroatoms. The molecule has 28 heavy (non-hydrogen) atoms. The smallest absolute Gasteiger partial charge is 0.251 e. The number of sulfone groups is 1. The van der Waals surface area contributed by atoms with Crippen molar-refractivity contribution < 1.29 is 22.7 Å². The molecule has 2 fully saturated rings. The van der Waals surface area contributed by atoms with Crippen LogP contribution in [-0.2, 0) is 14.6 Å². The Balaban J connectivity index is 2.08. The molecule has 0 aliphatic carbocycles. The number of aliphatic imine (C=N–C) groups is 1. The Labute approximate surface area is 170 Å². The minimum atomic E-state index is -3.13. The Morgan fingerprint density at radius 1 is 1.25 bits per heavy atom. The molecule has 1 amide bonds. The minimum Gasteiger partial charge on any atom is -0.497 e. The first kappa shape index (κ1) is 21.0. The Morgan fingerprint density at radius 2 is 1.96 bits per heavy atom. The van der Waals surface area contributed by atoms with Gasteiger partial charge in [-0.05, 0) is 25.0 Å². The van der Waals surface area contributed by atoms with Crippen LogP contribution in [-0.4, -0.2) is 56.5 Å². The fourth-order valence-corrected chi connectivity index (χ4v) is 7.57. The standard InChI is InChI=1S/C19H26N2O5S2/c1-5-12(6-2)18(22)20-19-21(15-10-28(23,24)11-17(15)27-19)14-9-13(25-3)7-8-16(14)26-4/h7-9,12,15,17H,5-6,10-11H2,1-4H3/t15-,17-/m1/s1. The average molecular weight is 427 g/mol. The summed E-state index contributed by atoms with van der Waals surface area (Å²) in [7, 11) is -0.00640. The van der Waals surface area contributed by atoms with Crippen molar-refractivity contribution in [2.45, 2.75) is 38.0 Å². The molecule has 1 aromatic carbocycles. The van der Waals surface area contributed by atoms with Crippen molar-refractivity contribution in [1.82, 2.24) is 0 Å². The molecule has 0 bridgehead atoms. The highest BCUT2D eigenvalue weighted by atomic mass is 32.2. The summed E-state index contributed by atoms with van der Waals surface area (Å²) in [6, 6.07) is 5.06. The van der Waals surface area contributed by atoms with Gasteiger partial charge >= 0.3 is 0 Å². The van der Waals surface area contributed by atoms with E-state index in [-0.39, 0.29) is 34.6 Å². The van der Waals surface area contributed by atoms with E-state index in [0.717, 1.165) is 12.8 Å². The molecular formula is C19H26N2O5S2. The van der Waals surface area contributed by atoms with Crippen molar-refractivity contribution in [2.75, 3.05) is 30.6 Å². The molecule has 0 radical (unpaired) electrons. The molecule has 3 rings (SSSR count). The number of carbonyl (C=O) groups excluding carboxylic acids is 1. The van der Waals surface area contributed by atoms with Gasteiger partial charge in [0.15, 0.2) is 15.0 Å². The second-order valence-electron chi connectivity index (χ2n) is 6.95. The van der Waals surface area contributed by atoms with E-state index in [4.69, 9.17) is 9.47 Å². The highest BCUT2D eigenvalue weighted by molar-refractivity contribution is 8.16. The summed E-state index contributed by atoms with van der Waals surface area (Å²) in [6.07, 6.45) is 1.45. The number of benzene rings is 1. The maximum Gasteiger partial charge on any atom is 0.251 e. The minimum absolute atomic E-state index is 0.0310. The lowest BCUT2D eigenvalue weighted by Gasteiger charge is -2.26. The predicted octanol–water partition coefficient (Wildman–Crippen LogP) is 2.74. The van der Waals surface area contributed by atoms with Crippen molar-refractivity contribution in [1.29, 1.82) is 0 Å². The first-order valence-corrected chi connectivity index (χ1v) is 12.0. The van der Waals surface area contributed by atoms with Gasteiger partial charge in [0.1, 0.15) is 11.5 Å². The van der Waals surface area contributed by atoms with Gasteiger partial charge in [-0.1, -0.05) is 25.6 Å². The summed E-state index contributed by atoms with van der Waals surface area (Å²) in [6.45, 7) is 3.94. The fourth-order valence-electron chi connectivity index (χ4n) is 3.65. The van der Waals surface area contributed by atoms with Crippen LogP contribution in [0.3, 0.4) is 0 Å². The second-order valence-corrected chi connectivity index (χ2v) is 10.3. The van der Waals surface area contributed by atoms with Crippen molar-refractivity contribution in [3.63, 3.8) is 0 Å². The lowest BCUT2D eigenvalue weighted by molar-refractivity contribution is -0.121. The van der Waals surface area contributed by atoms with Crippen LogP contribution in [0.1, 0.15) is 26.7 Å². The lowest BCUT2D eigenvalue weighted by atomic mass is 10.0. The number of rotatable bonds is 6. The lowest BCUT2D eigenvalue weighted by Crippen LogP contribution is -2.38. The first-order chi connectivity index (χ1) is 13.3. The third-order valence-corrected chi connectivity index (χ3v) is 8.46. The van der Waals surface area contributed by atoms with Gasteiger partial charge in [-0.15, -0.1) is 0 Å². The van der Waals surface area contributed by atoms with E-state index in [0.29, 0.717) is 22.4 Å². The molecule has 0 spiro atoms. The van der Waals surface area contributed by atoms with Crippen molar-refractivity contribution in [2.24, 2.45) is 10.9 Å². The number of hydrogen-bond acceptors (Lipinski definition) is 6. The van der Waals surface area contributed by atoms with E-state index < -0.39 is 9.84 Å².